The predicted octanol–water partition coefficient (Wildman–Crippen LogP) is 1.96. The molecule has 0 atom stereocenters. The molecule has 11 heavy (non-hydrogen) atoms. The third kappa shape index (κ3) is 6.32. The Morgan fingerprint density at radius 2 is 1.64 bits per heavy atom. The van der Waals surface area contributed by atoms with E-state index in [0.717, 1.165) is 6.42 Å². The summed E-state index contributed by atoms with van der Waals surface area (Å²) >= 11 is 0. The average Bonchev–Trinajstić information content (AvgIpc) is 1.83. The maximum absolute atomic E-state index is 9.35. The van der Waals surface area contributed by atoms with Gasteiger partial charge in [-0.15, -0.1) is 0 Å². The van der Waals surface area contributed by atoms with Crippen molar-refractivity contribution in [3.63, 3.8) is 0 Å². The maximum atomic E-state index is 9.35. The highest BCUT2D eigenvalue weighted by Crippen LogP contribution is 2.15. The van der Waals surface area contributed by atoms with Crippen molar-refractivity contribution in [2.24, 2.45) is 0 Å². The van der Waals surface area contributed by atoms with E-state index in [1.807, 2.05) is 13.8 Å². The fourth-order valence-electron chi connectivity index (χ4n) is 0.474. The number of ether oxygens (including phenoxy) is 1. The van der Waals surface area contributed by atoms with E-state index in [-0.39, 0.29) is 5.60 Å². The SMILES string of the molecule is CCC(C)(C)OCC(C)(C)O. The van der Waals surface area contributed by atoms with Crippen LogP contribution < -0.4 is 0 Å². The van der Waals surface area contributed by atoms with E-state index in [2.05, 4.69) is 6.92 Å². The molecule has 0 rings (SSSR count). The van der Waals surface area contributed by atoms with Crippen LogP contribution in [-0.2, 0) is 4.74 Å². The normalized spacial score (nSPS) is 13.6. The molecule has 0 aromatic heterocycles. The number of hydrogen-bond acceptors (Lipinski definition) is 2. The Bertz CT molecular complexity index is 111. The average molecular weight is 160 g/mol. The quantitative estimate of drug-likeness (QED) is 0.681. The van der Waals surface area contributed by atoms with E-state index in [1.54, 1.807) is 13.8 Å². The van der Waals surface area contributed by atoms with Crippen LogP contribution in [0.1, 0.15) is 41.0 Å². The van der Waals surface area contributed by atoms with E-state index < -0.39 is 5.60 Å². The Morgan fingerprint density at radius 3 is 1.91 bits per heavy atom. The molecule has 0 aliphatic carbocycles. The van der Waals surface area contributed by atoms with Crippen LogP contribution in [-0.4, -0.2) is 22.9 Å². The first-order chi connectivity index (χ1) is 4.77. The number of aliphatic hydroxyl groups is 1. The molecule has 0 aromatic carbocycles. The van der Waals surface area contributed by atoms with Gasteiger partial charge >= 0.3 is 0 Å². The van der Waals surface area contributed by atoms with E-state index in [0.29, 0.717) is 6.61 Å². The van der Waals surface area contributed by atoms with Gasteiger partial charge in [0.05, 0.1) is 17.8 Å². The van der Waals surface area contributed by atoms with Gasteiger partial charge in [-0.1, -0.05) is 6.92 Å². The van der Waals surface area contributed by atoms with E-state index >= 15 is 0 Å². The highest BCUT2D eigenvalue weighted by atomic mass is 16.5. The smallest absolute Gasteiger partial charge is 0.0824 e. The standard InChI is InChI=1S/C9H20O2/c1-6-9(4,5)11-7-8(2,3)10/h10H,6-7H2,1-5H3. The second-order valence-corrected chi connectivity index (χ2v) is 4.21. The van der Waals surface area contributed by atoms with Crippen molar-refractivity contribution in [1.82, 2.24) is 0 Å². The fourth-order valence-corrected chi connectivity index (χ4v) is 0.474. The highest BCUT2D eigenvalue weighted by molar-refractivity contribution is 4.70. The van der Waals surface area contributed by atoms with Crippen molar-refractivity contribution in [2.45, 2.75) is 52.2 Å². The Morgan fingerprint density at radius 1 is 1.18 bits per heavy atom. The van der Waals surface area contributed by atoms with Crippen molar-refractivity contribution in [3.05, 3.63) is 0 Å². The Kier molecular flexibility index (Phi) is 3.52. The van der Waals surface area contributed by atoms with Crippen molar-refractivity contribution in [3.8, 4) is 0 Å². The molecule has 2 nitrogen and oxygen atoms in total. The lowest BCUT2D eigenvalue weighted by molar-refractivity contribution is -0.0920. The van der Waals surface area contributed by atoms with Gasteiger partial charge in [-0.2, -0.15) is 0 Å². The fraction of sp³-hybridized carbons (Fsp3) is 1.00. The van der Waals surface area contributed by atoms with Crippen LogP contribution in [0, 0.1) is 0 Å². The molecule has 0 aromatic rings. The van der Waals surface area contributed by atoms with E-state index in [1.165, 1.54) is 0 Å². The van der Waals surface area contributed by atoms with Crippen molar-refractivity contribution in [1.29, 1.82) is 0 Å². The van der Waals surface area contributed by atoms with E-state index in [4.69, 9.17) is 4.74 Å². The summed E-state index contributed by atoms with van der Waals surface area (Å²) in [4.78, 5) is 0. The summed E-state index contributed by atoms with van der Waals surface area (Å²) in [6.45, 7) is 10.0. The second kappa shape index (κ2) is 3.55. The topological polar surface area (TPSA) is 29.5 Å². The molecule has 1 N–H and O–H groups in total. The Balaban J connectivity index is 3.70. The minimum absolute atomic E-state index is 0.111. The van der Waals surface area contributed by atoms with Crippen molar-refractivity contribution in [2.75, 3.05) is 6.61 Å². The molecule has 0 radical (unpaired) electrons. The molecule has 0 saturated carbocycles. The zero-order valence-corrected chi connectivity index (χ0v) is 8.27. The van der Waals surface area contributed by atoms with Crippen molar-refractivity contribution >= 4 is 0 Å². The molecule has 0 heterocycles. The lowest BCUT2D eigenvalue weighted by Gasteiger charge is -2.27. The van der Waals surface area contributed by atoms with Gasteiger partial charge in [0, 0.05) is 0 Å². The number of hydrogen-bond donors (Lipinski definition) is 1. The first kappa shape index (κ1) is 10.9. The van der Waals surface area contributed by atoms with Crippen molar-refractivity contribution < 1.29 is 9.84 Å². The summed E-state index contributed by atoms with van der Waals surface area (Å²) in [5.41, 5.74) is -0.827. The van der Waals surface area contributed by atoms with Gasteiger partial charge in [0.25, 0.3) is 0 Å². The first-order valence-corrected chi connectivity index (χ1v) is 4.13. The maximum Gasteiger partial charge on any atom is 0.0824 e. The summed E-state index contributed by atoms with van der Waals surface area (Å²) in [6, 6.07) is 0. The van der Waals surface area contributed by atoms with Gasteiger partial charge in [-0.25, -0.2) is 0 Å². The Hall–Kier alpha value is -0.0800. The first-order valence-electron chi connectivity index (χ1n) is 4.13. The number of rotatable bonds is 4. The molecular formula is C9H20O2. The summed E-state index contributed by atoms with van der Waals surface area (Å²) in [6.07, 6.45) is 0.961. The molecule has 0 fully saturated rings. The zero-order valence-electron chi connectivity index (χ0n) is 8.27. The minimum Gasteiger partial charge on any atom is -0.388 e. The second-order valence-electron chi connectivity index (χ2n) is 4.21. The summed E-state index contributed by atoms with van der Waals surface area (Å²) in [5, 5.41) is 9.35. The minimum atomic E-state index is -0.716. The van der Waals surface area contributed by atoms with Crippen LogP contribution in [0.25, 0.3) is 0 Å². The van der Waals surface area contributed by atoms with Gasteiger partial charge in [0.15, 0.2) is 0 Å². The summed E-state index contributed by atoms with van der Waals surface area (Å²) < 4.78 is 5.49. The van der Waals surface area contributed by atoms with Crippen LogP contribution in [0.3, 0.4) is 0 Å². The summed E-state index contributed by atoms with van der Waals surface area (Å²) in [5.74, 6) is 0. The van der Waals surface area contributed by atoms with Crippen LogP contribution in [0.4, 0.5) is 0 Å². The molecule has 0 aliphatic rings. The summed E-state index contributed by atoms with van der Waals surface area (Å²) in [7, 11) is 0. The molecule has 0 aliphatic heterocycles. The molecule has 0 bridgehead atoms. The predicted molar refractivity (Wildman–Crippen MR) is 46.6 cm³/mol. The Labute approximate surface area is 69.6 Å². The largest absolute Gasteiger partial charge is 0.388 e. The third-order valence-corrected chi connectivity index (χ3v) is 1.67. The molecular weight excluding hydrogens is 140 g/mol. The molecule has 0 unspecified atom stereocenters. The highest BCUT2D eigenvalue weighted by Gasteiger charge is 2.20. The third-order valence-electron chi connectivity index (χ3n) is 1.67. The van der Waals surface area contributed by atoms with Gasteiger partial charge < -0.3 is 9.84 Å². The van der Waals surface area contributed by atoms with Crippen LogP contribution >= 0.6 is 0 Å². The lowest BCUT2D eigenvalue weighted by atomic mass is 10.1. The van der Waals surface area contributed by atoms with Gasteiger partial charge in [-0.3, -0.25) is 0 Å². The zero-order chi connectivity index (χ0) is 9.12. The van der Waals surface area contributed by atoms with Crippen LogP contribution in [0.5, 0.6) is 0 Å². The van der Waals surface area contributed by atoms with Crippen LogP contribution in [0.2, 0.25) is 0 Å². The molecule has 0 amide bonds. The lowest BCUT2D eigenvalue weighted by Crippen LogP contribution is -2.33. The molecule has 2 heteroatoms. The molecule has 68 valence electrons. The molecule has 0 spiro atoms. The van der Waals surface area contributed by atoms with E-state index in [9.17, 15) is 5.11 Å². The molecule has 0 saturated heterocycles. The van der Waals surface area contributed by atoms with Crippen LogP contribution in [0.15, 0.2) is 0 Å². The van der Waals surface area contributed by atoms with Gasteiger partial charge in [-0.05, 0) is 34.1 Å². The van der Waals surface area contributed by atoms with Gasteiger partial charge in [0.2, 0.25) is 0 Å². The monoisotopic (exact) mass is 160 g/mol. The van der Waals surface area contributed by atoms with Gasteiger partial charge in [0.1, 0.15) is 0 Å².